The number of halogens is 1. The quantitative estimate of drug-likeness (QED) is 0.928. The highest BCUT2D eigenvalue weighted by Gasteiger charge is 2.38. The van der Waals surface area contributed by atoms with Gasteiger partial charge in [-0.2, -0.15) is 4.31 Å². The van der Waals surface area contributed by atoms with Crippen LogP contribution in [0.25, 0.3) is 0 Å². The van der Waals surface area contributed by atoms with Crippen molar-refractivity contribution in [1.82, 2.24) is 4.31 Å². The molecule has 114 valence electrons. The maximum atomic E-state index is 12.6. The molecule has 0 bridgehead atoms. The minimum Gasteiger partial charge on any atom is -0.330 e. The predicted octanol–water partition coefficient (Wildman–Crippen LogP) is 2.08. The zero-order chi connectivity index (χ0) is 14.3. The molecule has 2 rings (SSSR count). The van der Waals surface area contributed by atoms with Gasteiger partial charge in [-0.15, -0.1) is 12.4 Å². The van der Waals surface area contributed by atoms with Gasteiger partial charge in [0.05, 0.1) is 4.90 Å². The summed E-state index contributed by atoms with van der Waals surface area (Å²) < 4.78 is 26.7. The summed E-state index contributed by atoms with van der Waals surface area (Å²) in [6, 6.07) is 5.30. The SMILES string of the molecule is Cc1ccc(S(=O)(=O)N2CCC(C)(CN)C2)cc1C.Cl. The molecule has 0 aliphatic carbocycles. The first-order chi connectivity index (χ1) is 8.78. The normalized spacial score (nSPS) is 23.6. The van der Waals surface area contributed by atoms with Gasteiger partial charge in [-0.3, -0.25) is 0 Å². The van der Waals surface area contributed by atoms with Gasteiger partial charge in [0.2, 0.25) is 10.0 Å². The molecule has 0 amide bonds. The zero-order valence-corrected chi connectivity index (χ0v) is 13.9. The van der Waals surface area contributed by atoms with Crippen molar-refractivity contribution in [2.45, 2.75) is 32.1 Å². The molecule has 1 aromatic rings. The smallest absolute Gasteiger partial charge is 0.243 e. The molecule has 1 saturated heterocycles. The van der Waals surface area contributed by atoms with E-state index in [2.05, 4.69) is 0 Å². The lowest BCUT2D eigenvalue weighted by Gasteiger charge is -2.22. The molecule has 1 aromatic carbocycles. The minimum atomic E-state index is -3.38. The number of hydrogen-bond donors (Lipinski definition) is 1. The molecule has 1 aliphatic heterocycles. The van der Waals surface area contributed by atoms with Crippen molar-refractivity contribution in [3.63, 3.8) is 0 Å². The molecule has 0 aromatic heterocycles. The van der Waals surface area contributed by atoms with E-state index in [1.807, 2.05) is 26.8 Å². The van der Waals surface area contributed by atoms with E-state index in [9.17, 15) is 8.42 Å². The topological polar surface area (TPSA) is 63.4 Å². The Labute approximate surface area is 127 Å². The van der Waals surface area contributed by atoms with Gasteiger partial charge in [-0.25, -0.2) is 8.42 Å². The maximum absolute atomic E-state index is 12.6. The van der Waals surface area contributed by atoms with Crippen molar-refractivity contribution in [3.8, 4) is 0 Å². The number of hydrogen-bond acceptors (Lipinski definition) is 3. The predicted molar refractivity (Wildman–Crippen MR) is 83.7 cm³/mol. The molecular weight excluding hydrogens is 296 g/mol. The average molecular weight is 319 g/mol. The fourth-order valence-electron chi connectivity index (χ4n) is 2.37. The first kappa shape index (κ1) is 17.4. The highest BCUT2D eigenvalue weighted by Crippen LogP contribution is 2.32. The standard InChI is InChI=1S/C14H22N2O2S.ClH/c1-11-4-5-13(8-12(11)2)19(17,18)16-7-6-14(3,9-15)10-16;/h4-5,8H,6-7,9-10,15H2,1-3H3;1H. The second-order valence-corrected chi connectivity index (χ2v) is 7.79. The molecule has 1 aliphatic rings. The summed E-state index contributed by atoms with van der Waals surface area (Å²) >= 11 is 0. The van der Waals surface area contributed by atoms with Crippen LogP contribution in [0.3, 0.4) is 0 Å². The van der Waals surface area contributed by atoms with Gasteiger partial charge in [0, 0.05) is 13.1 Å². The minimum absolute atomic E-state index is 0. The van der Waals surface area contributed by atoms with Crippen LogP contribution in [0.1, 0.15) is 24.5 Å². The summed E-state index contributed by atoms with van der Waals surface area (Å²) in [5, 5.41) is 0. The number of benzene rings is 1. The molecule has 20 heavy (non-hydrogen) atoms. The zero-order valence-electron chi connectivity index (χ0n) is 12.2. The third-order valence-electron chi connectivity index (χ3n) is 4.13. The third-order valence-corrected chi connectivity index (χ3v) is 5.97. The van der Waals surface area contributed by atoms with E-state index >= 15 is 0 Å². The molecule has 1 heterocycles. The van der Waals surface area contributed by atoms with Gasteiger partial charge in [0.1, 0.15) is 0 Å². The van der Waals surface area contributed by atoms with Crippen LogP contribution in [-0.4, -0.2) is 32.4 Å². The van der Waals surface area contributed by atoms with Crippen LogP contribution < -0.4 is 5.73 Å². The van der Waals surface area contributed by atoms with E-state index in [1.54, 1.807) is 16.4 Å². The molecular formula is C14H23ClN2O2S. The number of sulfonamides is 1. The largest absolute Gasteiger partial charge is 0.330 e. The van der Waals surface area contributed by atoms with E-state index in [4.69, 9.17) is 5.73 Å². The van der Waals surface area contributed by atoms with Gasteiger partial charge in [-0.05, 0) is 55.5 Å². The van der Waals surface area contributed by atoms with Crippen LogP contribution in [0.4, 0.5) is 0 Å². The van der Waals surface area contributed by atoms with Crippen LogP contribution in [0, 0.1) is 19.3 Å². The maximum Gasteiger partial charge on any atom is 0.243 e. The molecule has 4 nitrogen and oxygen atoms in total. The number of rotatable bonds is 3. The molecule has 0 spiro atoms. The molecule has 0 saturated carbocycles. The first-order valence-electron chi connectivity index (χ1n) is 6.56. The van der Waals surface area contributed by atoms with Crippen LogP contribution >= 0.6 is 12.4 Å². The Morgan fingerprint density at radius 1 is 1.30 bits per heavy atom. The van der Waals surface area contributed by atoms with Crippen molar-refractivity contribution in [2.75, 3.05) is 19.6 Å². The highest BCUT2D eigenvalue weighted by atomic mass is 35.5. The Kier molecular flexibility index (Phi) is 5.24. The van der Waals surface area contributed by atoms with Gasteiger partial charge in [0.25, 0.3) is 0 Å². The monoisotopic (exact) mass is 318 g/mol. The lowest BCUT2D eigenvalue weighted by Crippen LogP contribution is -2.34. The molecule has 1 atom stereocenters. The lowest BCUT2D eigenvalue weighted by atomic mass is 9.90. The molecule has 1 fully saturated rings. The van der Waals surface area contributed by atoms with E-state index in [1.165, 1.54) is 0 Å². The van der Waals surface area contributed by atoms with Crippen LogP contribution in [0.2, 0.25) is 0 Å². The van der Waals surface area contributed by atoms with E-state index in [0.717, 1.165) is 17.5 Å². The fourth-order valence-corrected chi connectivity index (χ4v) is 4.05. The Hall–Kier alpha value is -0.620. The molecule has 0 radical (unpaired) electrons. The first-order valence-corrected chi connectivity index (χ1v) is 8.00. The summed E-state index contributed by atoms with van der Waals surface area (Å²) in [5.74, 6) is 0. The van der Waals surface area contributed by atoms with Gasteiger partial charge < -0.3 is 5.73 Å². The Bertz CT molecular complexity index is 589. The average Bonchev–Trinajstić information content (AvgIpc) is 2.77. The van der Waals surface area contributed by atoms with Crippen molar-refractivity contribution >= 4 is 22.4 Å². The van der Waals surface area contributed by atoms with Crippen LogP contribution in [0.5, 0.6) is 0 Å². The second-order valence-electron chi connectivity index (χ2n) is 5.85. The van der Waals surface area contributed by atoms with Crippen molar-refractivity contribution in [1.29, 1.82) is 0 Å². The van der Waals surface area contributed by atoms with Gasteiger partial charge in [-0.1, -0.05) is 13.0 Å². The fraction of sp³-hybridized carbons (Fsp3) is 0.571. The van der Waals surface area contributed by atoms with E-state index in [0.29, 0.717) is 24.5 Å². The molecule has 1 unspecified atom stereocenters. The summed E-state index contributed by atoms with van der Waals surface area (Å²) in [6.45, 7) is 7.55. The number of aryl methyl sites for hydroxylation is 2. The van der Waals surface area contributed by atoms with Gasteiger partial charge in [0.15, 0.2) is 0 Å². The van der Waals surface area contributed by atoms with Crippen molar-refractivity contribution < 1.29 is 8.42 Å². The third kappa shape index (κ3) is 3.17. The summed E-state index contributed by atoms with van der Waals surface area (Å²) in [4.78, 5) is 0.386. The highest BCUT2D eigenvalue weighted by molar-refractivity contribution is 7.89. The van der Waals surface area contributed by atoms with E-state index < -0.39 is 10.0 Å². The van der Waals surface area contributed by atoms with Crippen molar-refractivity contribution in [2.24, 2.45) is 11.1 Å². The summed E-state index contributed by atoms with van der Waals surface area (Å²) in [6.07, 6.45) is 0.827. The van der Waals surface area contributed by atoms with Crippen molar-refractivity contribution in [3.05, 3.63) is 29.3 Å². The second kappa shape index (κ2) is 6.02. The van der Waals surface area contributed by atoms with Gasteiger partial charge >= 0.3 is 0 Å². The lowest BCUT2D eigenvalue weighted by molar-refractivity contribution is 0.349. The number of nitrogens with two attached hydrogens (primary N) is 1. The summed E-state index contributed by atoms with van der Waals surface area (Å²) in [7, 11) is -3.38. The van der Waals surface area contributed by atoms with Crippen LogP contribution in [0.15, 0.2) is 23.1 Å². The Morgan fingerprint density at radius 2 is 1.95 bits per heavy atom. The molecule has 6 heteroatoms. The van der Waals surface area contributed by atoms with Crippen LogP contribution in [-0.2, 0) is 10.0 Å². The molecule has 2 N–H and O–H groups in total. The summed E-state index contributed by atoms with van der Waals surface area (Å²) in [5.41, 5.74) is 7.75. The number of nitrogens with zero attached hydrogens (tertiary/aromatic N) is 1. The Balaban J connectivity index is 0.00000200. The Morgan fingerprint density at radius 3 is 2.45 bits per heavy atom. The van der Waals surface area contributed by atoms with E-state index in [-0.39, 0.29) is 17.8 Å².